The van der Waals surface area contributed by atoms with E-state index in [1.165, 1.54) is 6.07 Å². The average Bonchev–Trinajstić information content (AvgIpc) is 2.88. The molecule has 1 aromatic carbocycles. The first-order valence-corrected chi connectivity index (χ1v) is 6.93. The van der Waals surface area contributed by atoms with Crippen molar-refractivity contribution >= 4 is 10.1 Å². The maximum atomic E-state index is 11.3. The minimum Gasteiger partial charge on any atom is -0.254 e. The molecular weight excluding hydrogens is 270 g/mol. The van der Waals surface area contributed by atoms with Crippen molar-refractivity contribution in [3.05, 3.63) is 41.2 Å². The first kappa shape index (κ1) is 13.1. The molecule has 1 aromatic heterocycles. The second kappa shape index (κ2) is 5.13. The number of nitriles is 1. The number of rotatable bonds is 4. The minimum atomic E-state index is -3.72. The smallest absolute Gasteiger partial charge is 0.254 e. The summed E-state index contributed by atoms with van der Waals surface area (Å²) < 4.78 is 27.5. The quantitative estimate of drug-likeness (QED) is 0.789. The summed E-state index contributed by atoms with van der Waals surface area (Å²) in [5.74, 6) is 0.0699. The summed E-state index contributed by atoms with van der Waals surface area (Å²) in [5.41, 5.74) is 0.828. The van der Waals surface area contributed by atoms with Crippen molar-refractivity contribution in [3.63, 3.8) is 0 Å². The lowest BCUT2D eigenvalue weighted by Gasteiger charge is -2.13. The number of aromatic amines is 1. The predicted octanol–water partition coefficient (Wildman–Crippen LogP) is 0.137. The van der Waals surface area contributed by atoms with Gasteiger partial charge >= 0.3 is 0 Å². The number of tetrazole rings is 1. The molecule has 1 N–H and O–H groups in total. The van der Waals surface area contributed by atoms with Gasteiger partial charge in [0.15, 0.2) is 6.10 Å². The Morgan fingerprint density at radius 3 is 2.84 bits per heavy atom. The molecule has 9 heteroatoms. The topological polar surface area (TPSA) is 122 Å². The van der Waals surface area contributed by atoms with Gasteiger partial charge in [-0.1, -0.05) is 17.3 Å². The summed E-state index contributed by atoms with van der Waals surface area (Å²) in [6, 6.07) is 8.30. The number of H-pyrrole nitrogens is 1. The van der Waals surface area contributed by atoms with Gasteiger partial charge in [-0.3, -0.25) is 4.18 Å². The molecule has 8 nitrogen and oxygen atoms in total. The highest BCUT2D eigenvalue weighted by Gasteiger charge is 2.24. The van der Waals surface area contributed by atoms with E-state index in [4.69, 9.17) is 9.44 Å². The van der Waals surface area contributed by atoms with E-state index in [2.05, 4.69) is 20.6 Å². The van der Waals surface area contributed by atoms with Gasteiger partial charge in [0.25, 0.3) is 10.1 Å². The van der Waals surface area contributed by atoms with E-state index < -0.39 is 16.2 Å². The summed E-state index contributed by atoms with van der Waals surface area (Å²) >= 11 is 0. The van der Waals surface area contributed by atoms with Crippen LogP contribution in [0, 0.1) is 11.3 Å². The fourth-order valence-electron chi connectivity index (χ4n) is 1.47. The molecule has 0 saturated heterocycles. The molecular formula is C10H9N5O3S. The van der Waals surface area contributed by atoms with Crippen LogP contribution >= 0.6 is 0 Å². The van der Waals surface area contributed by atoms with Crippen LogP contribution in [0.3, 0.4) is 0 Å². The molecule has 0 spiro atoms. The summed E-state index contributed by atoms with van der Waals surface area (Å²) in [6.45, 7) is 0. The van der Waals surface area contributed by atoms with Crippen molar-refractivity contribution in [2.45, 2.75) is 6.10 Å². The molecule has 0 aliphatic heterocycles. The second-order valence-electron chi connectivity index (χ2n) is 3.69. The molecule has 1 unspecified atom stereocenters. The van der Waals surface area contributed by atoms with Gasteiger partial charge in [0, 0.05) is 0 Å². The van der Waals surface area contributed by atoms with Gasteiger partial charge in [0.2, 0.25) is 5.82 Å². The maximum Gasteiger partial charge on any atom is 0.265 e. The van der Waals surface area contributed by atoms with E-state index >= 15 is 0 Å². The van der Waals surface area contributed by atoms with Gasteiger partial charge < -0.3 is 0 Å². The van der Waals surface area contributed by atoms with Crippen molar-refractivity contribution in [3.8, 4) is 6.07 Å². The molecule has 2 rings (SSSR count). The molecule has 2 aromatic rings. The van der Waals surface area contributed by atoms with Crippen molar-refractivity contribution in [2.24, 2.45) is 0 Å². The lowest BCUT2D eigenvalue weighted by molar-refractivity contribution is 0.246. The number of aromatic nitrogens is 4. The first-order valence-electron chi connectivity index (χ1n) is 5.11. The zero-order valence-corrected chi connectivity index (χ0v) is 10.6. The Labute approximate surface area is 109 Å². The van der Waals surface area contributed by atoms with Gasteiger partial charge in [-0.25, -0.2) is 0 Å². The number of nitrogens with zero attached hydrogens (tertiary/aromatic N) is 4. The van der Waals surface area contributed by atoms with Gasteiger partial charge in [0.1, 0.15) is 0 Å². The highest BCUT2D eigenvalue weighted by atomic mass is 32.2. The van der Waals surface area contributed by atoms with Crippen molar-refractivity contribution in [2.75, 3.05) is 6.26 Å². The van der Waals surface area contributed by atoms with E-state index in [1.807, 2.05) is 6.07 Å². The third-order valence-corrected chi connectivity index (χ3v) is 2.73. The Bertz CT molecular complexity index is 705. The number of nitrogens with one attached hydrogen (secondary N) is 1. The van der Waals surface area contributed by atoms with Crippen LogP contribution in [0.1, 0.15) is 23.1 Å². The average molecular weight is 279 g/mol. The lowest BCUT2D eigenvalue weighted by atomic mass is 10.1. The Kier molecular flexibility index (Phi) is 3.55. The first-order chi connectivity index (χ1) is 8.99. The number of benzene rings is 1. The fraction of sp³-hybridized carbons (Fsp3) is 0.200. The number of hydrogen-bond acceptors (Lipinski definition) is 7. The Morgan fingerprint density at radius 2 is 2.26 bits per heavy atom. The zero-order chi connectivity index (χ0) is 13.9. The van der Waals surface area contributed by atoms with Gasteiger partial charge in [-0.05, 0) is 17.7 Å². The summed E-state index contributed by atoms with van der Waals surface area (Å²) in [4.78, 5) is 0. The third kappa shape index (κ3) is 3.34. The van der Waals surface area contributed by atoms with E-state index in [-0.39, 0.29) is 5.82 Å². The molecule has 0 radical (unpaired) electrons. The molecule has 98 valence electrons. The summed E-state index contributed by atoms with van der Waals surface area (Å²) in [6.07, 6.45) is -0.115. The maximum absolute atomic E-state index is 11.3. The molecule has 1 atom stereocenters. The van der Waals surface area contributed by atoms with E-state index in [1.54, 1.807) is 18.2 Å². The Morgan fingerprint density at radius 1 is 1.47 bits per heavy atom. The van der Waals surface area contributed by atoms with Crippen LogP contribution in [0.2, 0.25) is 0 Å². The van der Waals surface area contributed by atoms with E-state index in [0.29, 0.717) is 11.1 Å². The monoisotopic (exact) mass is 279 g/mol. The molecule has 0 aliphatic rings. The third-order valence-electron chi connectivity index (χ3n) is 2.19. The Balaban J connectivity index is 2.46. The molecule has 0 amide bonds. The van der Waals surface area contributed by atoms with Gasteiger partial charge in [-0.2, -0.15) is 18.9 Å². The Hall–Kier alpha value is -2.31. The van der Waals surface area contributed by atoms with E-state index in [9.17, 15) is 8.42 Å². The van der Waals surface area contributed by atoms with Crippen LogP contribution in [-0.2, 0) is 14.3 Å². The molecule has 0 aliphatic carbocycles. The van der Waals surface area contributed by atoms with Crippen LogP contribution in [0.5, 0.6) is 0 Å². The summed E-state index contributed by atoms with van der Waals surface area (Å²) in [5, 5.41) is 21.9. The van der Waals surface area contributed by atoms with Crippen LogP contribution < -0.4 is 0 Å². The second-order valence-corrected chi connectivity index (χ2v) is 5.29. The minimum absolute atomic E-state index is 0.0699. The predicted molar refractivity (Wildman–Crippen MR) is 63.1 cm³/mol. The largest absolute Gasteiger partial charge is 0.265 e. The van der Waals surface area contributed by atoms with Crippen molar-refractivity contribution < 1.29 is 12.6 Å². The zero-order valence-electron chi connectivity index (χ0n) is 9.81. The van der Waals surface area contributed by atoms with Crippen LogP contribution in [0.25, 0.3) is 0 Å². The highest BCUT2D eigenvalue weighted by molar-refractivity contribution is 7.86. The fourth-order valence-corrected chi connectivity index (χ4v) is 2.02. The highest BCUT2D eigenvalue weighted by Crippen LogP contribution is 2.24. The SMILES string of the molecule is CS(=O)(=O)OC(c1cccc(C#N)c1)c1nn[nH]n1. The molecule has 0 saturated carbocycles. The molecule has 19 heavy (non-hydrogen) atoms. The molecule has 1 heterocycles. The van der Waals surface area contributed by atoms with E-state index in [0.717, 1.165) is 6.26 Å². The summed E-state index contributed by atoms with van der Waals surface area (Å²) in [7, 11) is -3.72. The van der Waals surface area contributed by atoms with Crippen LogP contribution in [-0.4, -0.2) is 35.3 Å². The normalized spacial score (nSPS) is 12.8. The van der Waals surface area contributed by atoms with Crippen molar-refractivity contribution in [1.82, 2.24) is 20.6 Å². The lowest BCUT2D eigenvalue weighted by Crippen LogP contribution is -2.13. The van der Waals surface area contributed by atoms with Gasteiger partial charge in [-0.15, -0.1) is 10.2 Å². The van der Waals surface area contributed by atoms with Crippen molar-refractivity contribution in [1.29, 1.82) is 5.26 Å². The van der Waals surface area contributed by atoms with Crippen LogP contribution in [0.15, 0.2) is 24.3 Å². The molecule has 0 bridgehead atoms. The van der Waals surface area contributed by atoms with Gasteiger partial charge in [0.05, 0.1) is 17.9 Å². The van der Waals surface area contributed by atoms with Crippen LogP contribution in [0.4, 0.5) is 0 Å². The standard InChI is InChI=1S/C10H9N5O3S/c1-19(16,17)18-9(10-12-14-15-13-10)8-4-2-3-7(5-8)6-11/h2-5,9H,1H3,(H,12,13,14,15). The molecule has 0 fully saturated rings. The number of hydrogen-bond donors (Lipinski definition) is 1.